The fraction of sp³-hybridized carbons (Fsp3) is 0.250. The number of nitrogens with zero attached hydrogens (tertiary/aromatic N) is 1. The highest BCUT2D eigenvalue weighted by Crippen LogP contribution is 2.33. The minimum atomic E-state index is -3.39. The maximum Gasteiger partial charge on any atom is 0.265 e. The van der Waals surface area contributed by atoms with Crippen molar-refractivity contribution < 1.29 is 13.2 Å². The molecule has 0 aliphatic carbocycles. The molecule has 6 heteroatoms. The van der Waals surface area contributed by atoms with Crippen LogP contribution in [0.25, 0.3) is 5.57 Å². The van der Waals surface area contributed by atoms with Gasteiger partial charge in [0.1, 0.15) is 0 Å². The summed E-state index contributed by atoms with van der Waals surface area (Å²) < 4.78 is 23.7. The van der Waals surface area contributed by atoms with Gasteiger partial charge in [0, 0.05) is 25.1 Å². The first kappa shape index (κ1) is 12.8. The Kier molecular flexibility index (Phi) is 3.00. The molecule has 1 aliphatic rings. The van der Waals surface area contributed by atoms with E-state index in [0.29, 0.717) is 16.7 Å². The lowest BCUT2D eigenvalue weighted by Gasteiger charge is -2.12. The van der Waals surface area contributed by atoms with Gasteiger partial charge in [-0.3, -0.25) is 10.2 Å². The van der Waals surface area contributed by atoms with Crippen LogP contribution in [0.3, 0.4) is 0 Å². The van der Waals surface area contributed by atoms with Crippen LogP contribution >= 0.6 is 0 Å². The number of amides is 1. The third-order valence-corrected chi connectivity index (χ3v) is 4.25. The zero-order chi connectivity index (χ0) is 13.5. The normalized spacial score (nSPS) is 16.3. The van der Waals surface area contributed by atoms with E-state index in [1.807, 2.05) is 0 Å². The average Bonchev–Trinajstić information content (AvgIpc) is 2.48. The summed E-state index contributed by atoms with van der Waals surface area (Å²) in [6.07, 6.45) is 0. The summed E-state index contributed by atoms with van der Waals surface area (Å²) in [4.78, 5) is 12.0. The maximum atomic E-state index is 11.8. The molecule has 0 unspecified atom stereocenters. The van der Waals surface area contributed by atoms with Crippen LogP contribution in [0.5, 0.6) is 0 Å². The van der Waals surface area contributed by atoms with Crippen LogP contribution in [-0.2, 0) is 9.84 Å². The van der Waals surface area contributed by atoms with Gasteiger partial charge in [-0.1, -0.05) is 6.07 Å². The highest BCUT2D eigenvalue weighted by molar-refractivity contribution is 7.95. The number of hydrogen-bond acceptors (Lipinski definition) is 4. The van der Waals surface area contributed by atoms with E-state index in [1.165, 1.54) is 16.5 Å². The van der Waals surface area contributed by atoms with E-state index in [4.69, 9.17) is 0 Å². The topological polar surface area (TPSA) is 66.5 Å². The summed E-state index contributed by atoms with van der Waals surface area (Å²) in [6.45, 7) is 1.74. The predicted molar refractivity (Wildman–Crippen MR) is 68.4 cm³/mol. The molecule has 0 aromatic heterocycles. The molecule has 0 fully saturated rings. The molecule has 0 atom stereocenters. The summed E-state index contributed by atoms with van der Waals surface area (Å²) in [5, 5.41) is 2.73. The molecule has 1 aromatic carbocycles. The van der Waals surface area contributed by atoms with E-state index < -0.39 is 9.84 Å². The minimum absolute atomic E-state index is 0.200. The molecular formula is C12H14N2O3S. The third kappa shape index (κ3) is 2.16. The highest BCUT2D eigenvalue weighted by Gasteiger charge is 2.25. The molecule has 96 valence electrons. The van der Waals surface area contributed by atoms with Crippen molar-refractivity contribution in [2.75, 3.05) is 14.1 Å². The predicted octanol–water partition coefficient (Wildman–Crippen LogP) is 1.04. The number of carbonyl (C=O) groups is 1. The molecule has 1 aromatic rings. The van der Waals surface area contributed by atoms with Crippen LogP contribution in [0.4, 0.5) is 0 Å². The van der Waals surface area contributed by atoms with Gasteiger partial charge in [-0.2, -0.15) is 0 Å². The van der Waals surface area contributed by atoms with Crippen molar-refractivity contribution in [3.8, 4) is 0 Å². The van der Waals surface area contributed by atoms with Crippen molar-refractivity contribution >= 4 is 21.3 Å². The number of benzene rings is 1. The van der Waals surface area contributed by atoms with Crippen molar-refractivity contribution in [1.82, 2.24) is 10.4 Å². The van der Waals surface area contributed by atoms with Crippen molar-refractivity contribution in [3.05, 3.63) is 34.7 Å². The second-order valence-electron chi connectivity index (χ2n) is 4.39. The standard InChI is InChI=1S/C12H14N2O3S/c1-8-7-18(16,17)11-6-9(4-5-10(8)11)12(15)13-14(2)3/h4-7H,1-3H3,(H,13,15). The lowest BCUT2D eigenvalue weighted by molar-refractivity contribution is 0.0856. The number of allylic oxidation sites excluding steroid dienone is 1. The van der Waals surface area contributed by atoms with Gasteiger partial charge >= 0.3 is 0 Å². The molecule has 0 radical (unpaired) electrons. The summed E-state index contributed by atoms with van der Waals surface area (Å²) >= 11 is 0. The highest BCUT2D eigenvalue weighted by atomic mass is 32.2. The molecular weight excluding hydrogens is 252 g/mol. The van der Waals surface area contributed by atoms with Gasteiger partial charge in [0.15, 0.2) is 0 Å². The van der Waals surface area contributed by atoms with Gasteiger partial charge in [-0.05, 0) is 30.2 Å². The van der Waals surface area contributed by atoms with Crippen LogP contribution in [-0.4, -0.2) is 33.4 Å². The van der Waals surface area contributed by atoms with Crippen LogP contribution in [0, 0.1) is 0 Å². The monoisotopic (exact) mass is 266 g/mol. The van der Waals surface area contributed by atoms with Crippen LogP contribution in [0.1, 0.15) is 22.8 Å². The molecule has 1 amide bonds. The first-order valence-corrected chi connectivity index (χ1v) is 6.92. The number of carbonyl (C=O) groups excluding carboxylic acids is 1. The van der Waals surface area contributed by atoms with Crippen LogP contribution in [0.2, 0.25) is 0 Å². The molecule has 1 N–H and O–H groups in total. The van der Waals surface area contributed by atoms with Crippen LogP contribution in [0.15, 0.2) is 28.5 Å². The molecule has 2 rings (SSSR count). The van der Waals surface area contributed by atoms with E-state index in [-0.39, 0.29) is 10.8 Å². The molecule has 5 nitrogen and oxygen atoms in total. The molecule has 0 saturated carbocycles. The van der Waals surface area contributed by atoms with Crippen molar-refractivity contribution in [1.29, 1.82) is 0 Å². The number of fused-ring (bicyclic) bond motifs is 1. The Morgan fingerprint density at radius 2 is 1.94 bits per heavy atom. The fourth-order valence-corrected chi connectivity index (χ4v) is 3.40. The van der Waals surface area contributed by atoms with E-state index in [9.17, 15) is 13.2 Å². The quantitative estimate of drug-likeness (QED) is 0.812. The van der Waals surface area contributed by atoms with Crippen molar-refractivity contribution in [2.24, 2.45) is 0 Å². The molecule has 1 heterocycles. The zero-order valence-electron chi connectivity index (χ0n) is 10.4. The Morgan fingerprint density at radius 3 is 2.56 bits per heavy atom. The fourth-order valence-electron chi connectivity index (χ4n) is 1.85. The van der Waals surface area contributed by atoms with E-state index in [0.717, 1.165) is 0 Å². The van der Waals surface area contributed by atoms with Gasteiger partial charge in [0.25, 0.3) is 5.91 Å². The van der Waals surface area contributed by atoms with E-state index >= 15 is 0 Å². The maximum absolute atomic E-state index is 11.8. The van der Waals surface area contributed by atoms with E-state index in [2.05, 4.69) is 5.43 Å². The number of nitrogens with one attached hydrogen (secondary N) is 1. The molecule has 0 saturated heterocycles. The van der Waals surface area contributed by atoms with Gasteiger partial charge < -0.3 is 0 Å². The Bertz CT molecular complexity index is 645. The zero-order valence-corrected chi connectivity index (χ0v) is 11.2. The summed E-state index contributed by atoms with van der Waals surface area (Å²) in [7, 11) is -0.0185. The largest absolute Gasteiger partial charge is 0.285 e. The Labute approximate surface area is 106 Å². The van der Waals surface area contributed by atoms with Crippen molar-refractivity contribution in [3.63, 3.8) is 0 Å². The summed E-state index contributed by atoms with van der Waals surface area (Å²) in [5.74, 6) is -0.331. The van der Waals surface area contributed by atoms with Crippen LogP contribution < -0.4 is 5.43 Å². The molecule has 18 heavy (non-hydrogen) atoms. The molecule has 0 bridgehead atoms. The van der Waals surface area contributed by atoms with Gasteiger partial charge in [-0.25, -0.2) is 13.4 Å². The first-order chi connectivity index (χ1) is 8.31. The minimum Gasteiger partial charge on any atom is -0.285 e. The molecule has 1 aliphatic heterocycles. The number of rotatable bonds is 2. The lowest BCUT2D eigenvalue weighted by atomic mass is 10.1. The first-order valence-electron chi connectivity index (χ1n) is 5.37. The Balaban J connectivity index is 2.45. The summed E-state index contributed by atoms with van der Waals surface area (Å²) in [6, 6.07) is 4.70. The van der Waals surface area contributed by atoms with Gasteiger partial charge in [0.2, 0.25) is 9.84 Å². The van der Waals surface area contributed by atoms with Gasteiger partial charge in [-0.15, -0.1) is 0 Å². The second-order valence-corrected chi connectivity index (χ2v) is 6.16. The SMILES string of the molecule is CC1=CS(=O)(=O)c2cc(C(=O)NN(C)C)ccc21. The Morgan fingerprint density at radius 1 is 1.28 bits per heavy atom. The second kappa shape index (κ2) is 4.22. The smallest absolute Gasteiger partial charge is 0.265 e. The Hall–Kier alpha value is -1.66. The summed E-state index contributed by atoms with van der Waals surface area (Å²) in [5.41, 5.74) is 4.26. The van der Waals surface area contributed by atoms with Crippen molar-refractivity contribution in [2.45, 2.75) is 11.8 Å². The lowest BCUT2D eigenvalue weighted by Crippen LogP contribution is -2.36. The third-order valence-electron chi connectivity index (χ3n) is 2.63. The van der Waals surface area contributed by atoms with Gasteiger partial charge in [0.05, 0.1) is 4.90 Å². The number of hydrogen-bond donors (Lipinski definition) is 1. The number of sulfone groups is 1. The molecule has 0 spiro atoms. The number of hydrazine groups is 1. The average molecular weight is 266 g/mol. The van der Waals surface area contributed by atoms with E-state index in [1.54, 1.807) is 33.2 Å².